The van der Waals surface area contributed by atoms with Gasteiger partial charge in [0.25, 0.3) is 5.69 Å². The van der Waals surface area contributed by atoms with E-state index >= 15 is 0 Å². The van der Waals surface area contributed by atoms with E-state index in [1.807, 2.05) is 6.92 Å². The van der Waals surface area contributed by atoms with Gasteiger partial charge in [0.1, 0.15) is 5.69 Å². The van der Waals surface area contributed by atoms with Gasteiger partial charge in [0.05, 0.1) is 11.5 Å². The van der Waals surface area contributed by atoms with Gasteiger partial charge in [-0.15, -0.1) is 0 Å². The molecule has 1 atom stereocenters. The van der Waals surface area contributed by atoms with Gasteiger partial charge in [-0.3, -0.25) is 10.1 Å². The Hall–Kier alpha value is -1.66. The van der Waals surface area contributed by atoms with Crippen LogP contribution in [0.15, 0.2) is 18.2 Å². The summed E-state index contributed by atoms with van der Waals surface area (Å²) in [6.45, 7) is 2.44. The first-order valence-corrected chi connectivity index (χ1v) is 5.90. The number of benzene rings is 1. The van der Waals surface area contributed by atoms with E-state index in [1.165, 1.54) is 6.07 Å². The van der Waals surface area contributed by atoms with Crippen LogP contribution in [0, 0.1) is 17.0 Å². The van der Waals surface area contributed by atoms with E-state index in [2.05, 4.69) is 5.32 Å². The van der Waals surface area contributed by atoms with Crippen LogP contribution in [-0.2, 0) is 0 Å². The third kappa shape index (κ3) is 4.31. The van der Waals surface area contributed by atoms with Gasteiger partial charge in [0.15, 0.2) is 0 Å². The van der Waals surface area contributed by atoms with E-state index in [1.54, 1.807) is 12.1 Å². The topological polar surface area (TPSA) is 101 Å². The maximum Gasteiger partial charge on any atom is 0.292 e. The summed E-state index contributed by atoms with van der Waals surface area (Å²) in [7, 11) is 0. The lowest BCUT2D eigenvalue weighted by Gasteiger charge is -2.10. The molecule has 0 heterocycles. The molecule has 0 unspecified atom stereocenters. The average Bonchev–Trinajstić information content (AvgIpc) is 2.34. The number of hydrogen-bond donors (Lipinski definition) is 3. The largest absolute Gasteiger partial charge is 0.395 e. The summed E-state index contributed by atoms with van der Waals surface area (Å²) in [5.74, 6) is 0. The molecule has 0 saturated carbocycles. The van der Waals surface area contributed by atoms with Crippen LogP contribution in [0.1, 0.15) is 18.4 Å². The number of nitrogens with one attached hydrogen (secondary N) is 1. The van der Waals surface area contributed by atoms with Crippen molar-refractivity contribution >= 4 is 11.4 Å². The first-order valence-electron chi connectivity index (χ1n) is 5.90. The quantitative estimate of drug-likeness (QED) is 0.387. The standard InChI is InChI=1S/C12H19N3O3/c1-9-4-5-12(15(17)18)11(7-9)14-6-2-3-10(13)8-16/h4-5,7,10,14,16H,2-3,6,8,13H2,1H3/t10-/m0/s1. The normalized spacial score (nSPS) is 12.2. The van der Waals surface area contributed by atoms with E-state index in [0.29, 0.717) is 18.7 Å². The smallest absolute Gasteiger partial charge is 0.292 e. The molecule has 0 amide bonds. The van der Waals surface area contributed by atoms with Crippen LogP contribution in [-0.4, -0.2) is 29.2 Å². The van der Waals surface area contributed by atoms with Crippen molar-refractivity contribution in [1.29, 1.82) is 0 Å². The molecule has 0 aliphatic rings. The first kappa shape index (κ1) is 14.4. The number of aliphatic hydroxyl groups is 1. The zero-order chi connectivity index (χ0) is 13.5. The number of anilines is 1. The minimum atomic E-state index is -0.402. The third-order valence-corrected chi connectivity index (χ3v) is 2.65. The van der Waals surface area contributed by atoms with Crippen LogP contribution >= 0.6 is 0 Å². The van der Waals surface area contributed by atoms with Crippen molar-refractivity contribution in [2.75, 3.05) is 18.5 Å². The molecular weight excluding hydrogens is 234 g/mol. The summed E-state index contributed by atoms with van der Waals surface area (Å²) in [5.41, 5.74) is 7.14. The van der Waals surface area contributed by atoms with Gasteiger partial charge in [0.2, 0.25) is 0 Å². The van der Waals surface area contributed by atoms with E-state index in [0.717, 1.165) is 12.0 Å². The molecule has 0 fully saturated rings. The van der Waals surface area contributed by atoms with Crippen molar-refractivity contribution < 1.29 is 10.0 Å². The van der Waals surface area contributed by atoms with Crippen molar-refractivity contribution in [1.82, 2.24) is 0 Å². The SMILES string of the molecule is Cc1ccc([N+](=O)[O-])c(NCCC[C@H](N)CO)c1. The second kappa shape index (κ2) is 6.93. The highest BCUT2D eigenvalue weighted by molar-refractivity contribution is 5.62. The second-order valence-corrected chi connectivity index (χ2v) is 4.29. The lowest BCUT2D eigenvalue weighted by atomic mass is 10.1. The number of nitro benzene ring substituents is 1. The molecular formula is C12H19N3O3. The molecule has 4 N–H and O–H groups in total. The predicted octanol–water partition coefficient (Wildman–Crippen LogP) is 1.41. The Morgan fingerprint density at radius 2 is 2.28 bits per heavy atom. The fourth-order valence-corrected chi connectivity index (χ4v) is 1.63. The molecule has 100 valence electrons. The van der Waals surface area contributed by atoms with Gasteiger partial charge in [-0.05, 0) is 31.4 Å². The molecule has 0 spiro atoms. The summed E-state index contributed by atoms with van der Waals surface area (Å²) >= 11 is 0. The predicted molar refractivity (Wildman–Crippen MR) is 70.6 cm³/mol. The molecule has 0 aliphatic heterocycles. The average molecular weight is 253 g/mol. The molecule has 1 rings (SSSR count). The molecule has 6 nitrogen and oxygen atoms in total. The van der Waals surface area contributed by atoms with Crippen molar-refractivity contribution in [2.24, 2.45) is 5.73 Å². The maximum absolute atomic E-state index is 10.8. The Bertz CT molecular complexity index is 410. The number of aryl methyl sites for hydroxylation is 1. The molecule has 0 bridgehead atoms. The zero-order valence-electron chi connectivity index (χ0n) is 10.4. The van der Waals surface area contributed by atoms with E-state index in [-0.39, 0.29) is 18.3 Å². The number of nitrogens with zero attached hydrogens (tertiary/aromatic N) is 1. The van der Waals surface area contributed by atoms with E-state index in [9.17, 15) is 10.1 Å². The molecule has 0 aromatic heterocycles. The molecule has 18 heavy (non-hydrogen) atoms. The second-order valence-electron chi connectivity index (χ2n) is 4.29. The van der Waals surface area contributed by atoms with Crippen molar-refractivity contribution in [3.63, 3.8) is 0 Å². The number of hydrogen-bond acceptors (Lipinski definition) is 5. The first-order chi connectivity index (χ1) is 8.54. The molecule has 0 radical (unpaired) electrons. The Labute approximate surface area is 106 Å². The Morgan fingerprint density at radius 1 is 1.56 bits per heavy atom. The highest BCUT2D eigenvalue weighted by Gasteiger charge is 2.12. The number of nitro groups is 1. The van der Waals surface area contributed by atoms with Gasteiger partial charge in [0, 0.05) is 18.7 Å². The Morgan fingerprint density at radius 3 is 2.89 bits per heavy atom. The van der Waals surface area contributed by atoms with Crippen LogP contribution in [0.3, 0.4) is 0 Å². The van der Waals surface area contributed by atoms with Crippen molar-refractivity contribution in [3.8, 4) is 0 Å². The van der Waals surface area contributed by atoms with Crippen LogP contribution in [0.5, 0.6) is 0 Å². The Balaban J connectivity index is 2.55. The highest BCUT2D eigenvalue weighted by atomic mass is 16.6. The van der Waals surface area contributed by atoms with E-state index in [4.69, 9.17) is 10.8 Å². The summed E-state index contributed by atoms with van der Waals surface area (Å²) in [6.07, 6.45) is 1.44. The summed E-state index contributed by atoms with van der Waals surface area (Å²) < 4.78 is 0. The zero-order valence-corrected chi connectivity index (χ0v) is 10.4. The molecule has 0 aliphatic carbocycles. The van der Waals surface area contributed by atoms with E-state index < -0.39 is 4.92 Å². The van der Waals surface area contributed by atoms with Gasteiger partial charge >= 0.3 is 0 Å². The summed E-state index contributed by atoms with van der Waals surface area (Å²) in [5, 5.41) is 22.6. The van der Waals surface area contributed by atoms with Crippen LogP contribution in [0.4, 0.5) is 11.4 Å². The van der Waals surface area contributed by atoms with Gasteiger partial charge in [-0.1, -0.05) is 6.07 Å². The summed E-state index contributed by atoms with van der Waals surface area (Å²) in [6, 6.07) is 4.74. The fraction of sp³-hybridized carbons (Fsp3) is 0.500. The fourth-order valence-electron chi connectivity index (χ4n) is 1.63. The molecule has 1 aromatic carbocycles. The molecule has 0 saturated heterocycles. The van der Waals surface area contributed by atoms with Gasteiger partial charge in [-0.2, -0.15) is 0 Å². The van der Waals surface area contributed by atoms with Crippen LogP contribution in [0.2, 0.25) is 0 Å². The van der Waals surface area contributed by atoms with Crippen LogP contribution < -0.4 is 11.1 Å². The minimum Gasteiger partial charge on any atom is -0.395 e. The Kier molecular flexibility index (Phi) is 5.54. The lowest BCUT2D eigenvalue weighted by molar-refractivity contribution is -0.384. The van der Waals surface area contributed by atoms with Gasteiger partial charge in [-0.25, -0.2) is 0 Å². The van der Waals surface area contributed by atoms with Crippen molar-refractivity contribution in [3.05, 3.63) is 33.9 Å². The molecule has 6 heteroatoms. The van der Waals surface area contributed by atoms with Gasteiger partial charge < -0.3 is 16.2 Å². The monoisotopic (exact) mass is 253 g/mol. The molecule has 1 aromatic rings. The number of rotatable bonds is 7. The summed E-state index contributed by atoms with van der Waals surface area (Å²) in [4.78, 5) is 10.4. The maximum atomic E-state index is 10.8. The highest BCUT2D eigenvalue weighted by Crippen LogP contribution is 2.25. The lowest BCUT2D eigenvalue weighted by Crippen LogP contribution is -2.24. The third-order valence-electron chi connectivity index (χ3n) is 2.65. The number of nitrogens with two attached hydrogens (primary N) is 1. The van der Waals surface area contributed by atoms with Crippen LogP contribution in [0.25, 0.3) is 0 Å². The minimum absolute atomic E-state index is 0.0371. The van der Waals surface area contributed by atoms with Crippen molar-refractivity contribution in [2.45, 2.75) is 25.8 Å². The number of aliphatic hydroxyl groups excluding tert-OH is 1.